The fourth-order valence-electron chi connectivity index (χ4n) is 3.83. The van der Waals surface area contributed by atoms with Crippen molar-refractivity contribution in [3.05, 3.63) is 29.8 Å². The maximum absolute atomic E-state index is 12.9. The highest BCUT2D eigenvalue weighted by Gasteiger charge is 2.46. The molecule has 1 N–H and O–H groups in total. The number of rotatable bonds is 4. The molecule has 0 amide bonds. The largest absolute Gasteiger partial charge is 0.378 e. The number of fused-ring (bicyclic) bond motifs is 1. The van der Waals surface area contributed by atoms with Gasteiger partial charge in [0.2, 0.25) is 0 Å². The Morgan fingerprint density at radius 1 is 1.21 bits per heavy atom. The van der Waals surface area contributed by atoms with Crippen molar-refractivity contribution in [1.82, 2.24) is 5.32 Å². The maximum atomic E-state index is 12.9. The number of hydrogen-bond acceptors (Lipinski definition) is 5. The molecule has 0 aromatic heterocycles. The topological polar surface area (TPSA) is 72.5 Å². The minimum atomic E-state index is -3.66. The Kier molecular flexibility index (Phi) is 5.08. The number of benzene rings is 1. The molecule has 6 heteroatoms. The van der Waals surface area contributed by atoms with Crippen LogP contribution in [0.5, 0.6) is 0 Å². The van der Waals surface area contributed by atoms with Crippen LogP contribution in [0.3, 0.4) is 0 Å². The van der Waals surface area contributed by atoms with E-state index in [1.807, 2.05) is 13.8 Å². The van der Waals surface area contributed by atoms with E-state index in [9.17, 15) is 13.2 Å². The number of ether oxygens (including phenoxy) is 1. The van der Waals surface area contributed by atoms with E-state index < -0.39 is 15.1 Å². The third-order valence-electron chi connectivity index (χ3n) is 5.18. The van der Waals surface area contributed by atoms with E-state index in [2.05, 4.69) is 5.32 Å². The summed E-state index contributed by atoms with van der Waals surface area (Å²) in [6.07, 6.45) is 2.45. The van der Waals surface area contributed by atoms with Gasteiger partial charge in [0.25, 0.3) is 0 Å². The van der Waals surface area contributed by atoms with E-state index >= 15 is 0 Å². The number of piperidine rings is 1. The van der Waals surface area contributed by atoms with Crippen molar-refractivity contribution in [2.24, 2.45) is 5.92 Å². The molecule has 5 nitrogen and oxygen atoms in total. The van der Waals surface area contributed by atoms with Crippen molar-refractivity contribution in [3.63, 3.8) is 0 Å². The van der Waals surface area contributed by atoms with E-state index in [0.717, 1.165) is 18.4 Å². The van der Waals surface area contributed by atoms with Crippen molar-refractivity contribution in [3.8, 4) is 0 Å². The predicted octanol–water partition coefficient (Wildman–Crippen LogP) is 1.88. The quantitative estimate of drug-likeness (QED) is 0.897. The van der Waals surface area contributed by atoms with E-state index in [1.54, 1.807) is 24.3 Å². The third kappa shape index (κ3) is 3.27. The summed E-state index contributed by atoms with van der Waals surface area (Å²) in [5.74, 6) is -0.419. The fourth-order valence-corrected chi connectivity index (χ4v) is 5.47. The molecule has 1 aromatic rings. The molecule has 132 valence electrons. The Morgan fingerprint density at radius 2 is 1.92 bits per heavy atom. The summed E-state index contributed by atoms with van der Waals surface area (Å²) < 4.78 is 31.5. The number of hydrogen-bond donors (Lipinski definition) is 1. The fraction of sp³-hybridized carbons (Fsp3) is 0.611. The van der Waals surface area contributed by atoms with Crippen LogP contribution < -0.4 is 5.32 Å². The monoisotopic (exact) mass is 351 g/mol. The lowest BCUT2D eigenvalue weighted by atomic mass is 9.77. The van der Waals surface area contributed by atoms with Crippen LogP contribution in [-0.4, -0.2) is 44.7 Å². The second-order valence-electron chi connectivity index (χ2n) is 6.76. The van der Waals surface area contributed by atoms with Gasteiger partial charge in [0, 0.05) is 25.1 Å². The lowest BCUT2D eigenvalue weighted by Gasteiger charge is -2.41. The zero-order chi connectivity index (χ0) is 17.3. The van der Waals surface area contributed by atoms with Crippen LogP contribution >= 0.6 is 0 Å². The third-order valence-corrected chi connectivity index (χ3v) is 7.25. The molecule has 0 radical (unpaired) electrons. The molecule has 24 heavy (non-hydrogen) atoms. The molecule has 2 fully saturated rings. The van der Waals surface area contributed by atoms with E-state index in [0.29, 0.717) is 13.0 Å². The molecular formula is C18H25NO4S. The summed E-state index contributed by atoms with van der Waals surface area (Å²) in [4.78, 5) is 13.1. The van der Waals surface area contributed by atoms with Gasteiger partial charge in [-0.15, -0.1) is 0 Å². The van der Waals surface area contributed by atoms with Gasteiger partial charge in [0.15, 0.2) is 15.6 Å². The molecular weight excluding hydrogens is 326 g/mol. The van der Waals surface area contributed by atoms with Gasteiger partial charge >= 0.3 is 0 Å². The van der Waals surface area contributed by atoms with E-state index in [4.69, 9.17) is 4.74 Å². The first-order chi connectivity index (χ1) is 11.4. The Hall–Kier alpha value is -1.24. The molecule has 4 atom stereocenters. The number of carbonyl (C=O) groups is 1. The second-order valence-corrected chi connectivity index (χ2v) is 8.89. The summed E-state index contributed by atoms with van der Waals surface area (Å²) in [5.41, 5.74) is 0.994. The lowest BCUT2D eigenvalue weighted by molar-refractivity contribution is -0.128. The second kappa shape index (κ2) is 6.94. The van der Waals surface area contributed by atoms with Gasteiger partial charge in [-0.1, -0.05) is 17.7 Å². The molecule has 1 saturated heterocycles. The van der Waals surface area contributed by atoms with Crippen LogP contribution in [0.4, 0.5) is 0 Å². The number of aryl methyl sites for hydroxylation is 1. The summed E-state index contributed by atoms with van der Waals surface area (Å²) in [5, 5.41) is 2.30. The number of sulfone groups is 1. The molecule has 4 unspecified atom stereocenters. The highest BCUT2D eigenvalue weighted by atomic mass is 32.2. The van der Waals surface area contributed by atoms with Crippen LogP contribution in [0, 0.1) is 12.8 Å². The Labute approximate surface area is 143 Å². The number of nitrogens with one attached hydrogen (secondary N) is 1. The van der Waals surface area contributed by atoms with E-state index in [-0.39, 0.29) is 35.3 Å². The summed E-state index contributed by atoms with van der Waals surface area (Å²) in [6.45, 7) is 4.67. The van der Waals surface area contributed by atoms with Crippen molar-refractivity contribution >= 4 is 15.6 Å². The SMILES string of the molecule is CCOC1CCC2NCC(S(=O)(=O)c3ccc(C)cc3)C(=O)C2C1. The smallest absolute Gasteiger partial charge is 0.189 e. The standard InChI is InChI=1S/C18H25NO4S/c1-3-23-13-6-9-16-15(10-13)18(20)17(11-19-16)24(21,22)14-7-4-12(2)5-8-14/h4-5,7-8,13,15-17,19H,3,6,9-11H2,1-2H3. The normalized spacial score (nSPS) is 30.8. The number of Topliss-reactive ketones (excluding diaryl/α,β-unsaturated/α-hetero) is 1. The Bertz CT molecular complexity index is 698. The van der Waals surface area contributed by atoms with Crippen LogP contribution in [0.1, 0.15) is 31.7 Å². The van der Waals surface area contributed by atoms with Gasteiger partial charge in [-0.2, -0.15) is 0 Å². The van der Waals surface area contributed by atoms with Crippen molar-refractivity contribution < 1.29 is 17.9 Å². The van der Waals surface area contributed by atoms with Gasteiger partial charge in [-0.3, -0.25) is 4.79 Å². The van der Waals surface area contributed by atoms with Gasteiger partial charge in [0.05, 0.1) is 11.0 Å². The van der Waals surface area contributed by atoms with Crippen molar-refractivity contribution in [1.29, 1.82) is 0 Å². The summed E-state index contributed by atoms with van der Waals surface area (Å²) >= 11 is 0. The number of ketones is 1. The zero-order valence-corrected chi connectivity index (χ0v) is 15.0. The van der Waals surface area contributed by atoms with Crippen LogP contribution in [-0.2, 0) is 19.4 Å². The highest BCUT2D eigenvalue weighted by Crippen LogP contribution is 2.33. The van der Waals surface area contributed by atoms with Gasteiger partial charge < -0.3 is 10.1 Å². The van der Waals surface area contributed by atoms with Crippen molar-refractivity contribution in [2.75, 3.05) is 13.2 Å². The minimum absolute atomic E-state index is 0.0582. The zero-order valence-electron chi connectivity index (χ0n) is 14.2. The lowest BCUT2D eigenvalue weighted by Crippen LogP contribution is -2.58. The van der Waals surface area contributed by atoms with Crippen molar-refractivity contribution in [2.45, 2.75) is 55.4 Å². The Balaban J connectivity index is 1.82. The summed E-state index contributed by atoms with van der Waals surface area (Å²) in [7, 11) is -3.66. The van der Waals surface area contributed by atoms with Crippen LogP contribution in [0.2, 0.25) is 0 Å². The highest BCUT2D eigenvalue weighted by molar-refractivity contribution is 7.92. The first-order valence-corrected chi connectivity index (χ1v) is 10.2. The van der Waals surface area contributed by atoms with Gasteiger partial charge in [-0.25, -0.2) is 8.42 Å². The molecule has 0 spiro atoms. The molecule has 3 rings (SSSR count). The molecule has 2 aliphatic rings. The first kappa shape index (κ1) is 17.6. The van der Waals surface area contributed by atoms with Gasteiger partial charge in [0.1, 0.15) is 5.25 Å². The molecule has 1 aliphatic carbocycles. The maximum Gasteiger partial charge on any atom is 0.189 e. The van der Waals surface area contributed by atoms with Gasteiger partial charge in [-0.05, 0) is 45.2 Å². The first-order valence-electron chi connectivity index (χ1n) is 8.62. The molecule has 1 aliphatic heterocycles. The predicted molar refractivity (Wildman–Crippen MR) is 91.7 cm³/mol. The minimum Gasteiger partial charge on any atom is -0.378 e. The molecule has 1 aromatic carbocycles. The summed E-state index contributed by atoms with van der Waals surface area (Å²) in [6, 6.07) is 6.80. The molecule has 0 bridgehead atoms. The molecule has 1 saturated carbocycles. The van der Waals surface area contributed by atoms with E-state index in [1.165, 1.54) is 0 Å². The van der Waals surface area contributed by atoms with Crippen LogP contribution in [0.25, 0.3) is 0 Å². The van der Waals surface area contributed by atoms with Crippen LogP contribution in [0.15, 0.2) is 29.2 Å². The Morgan fingerprint density at radius 3 is 2.58 bits per heavy atom. The number of carbonyl (C=O) groups excluding carboxylic acids is 1. The average molecular weight is 351 g/mol. The molecule has 1 heterocycles. The average Bonchev–Trinajstić information content (AvgIpc) is 2.56.